The van der Waals surface area contributed by atoms with Crippen LogP contribution in [-0.2, 0) is 0 Å². The van der Waals surface area contributed by atoms with Crippen LogP contribution in [0.15, 0.2) is 12.4 Å². The van der Waals surface area contributed by atoms with E-state index in [-0.39, 0.29) is 0 Å². The van der Waals surface area contributed by atoms with Gasteiger partial charge in [0.05, 0.1) is 0 Å². The number of nitrogens with one attached hydrogen (secondary N) is 1. The standard InChI is InChI=1S/C12H20IN3/c1-9(2)5-4-6-10(3)16-12-14-7-11(13)8-15-12/h7-10H,4-6H2,1-3H3,(H,14,15,16). The van der Waals surface area contributed by atoms with E-state index in [2.05, 4.69) is 58.6 Å². The van der Waals surface area contributed by atoms with E-state index in [9.17, 15) is 0 Å². The molecule has 0 bridgehead atoms. The van der Waals surface area contributed by atoms with Crippen LogP contribution < -0.4 is 5.32 Å². The van der Waals surface area contributed by atoms with Crippen LogP contribution in [-0.4, -0.2) is 16.0 Å². The smallest absolute Gasteiger partial charge is 0.222 e. The first-order chi connectivity index (χ1) is 7.58. The van der Waals surface area contributed by atoms with E-state index in [1.54, 1.807) is 0 Å². The summed E-state index contributed by atoms with van der Waals surface area (Å²) in [6, 6.07) is 0.443. The molecule has 0 saturated carbocycles. The maximum atomic E-state index is 4.23. The molecular weight excluding hydrogens is 313 g/mol. The molecule has 1 heterocycles. The predicted octanol–water partition coefficient (Wildman–Crippen LogP) is 3.71. The lowest BCUT2D eigenvalue weighted by molar-refractivity contribution is 0.519. The van der Waals surface area contributed by atoms with Crippen molar-refractivity contribution < 1.29 is 0 Å². The van der Waals surface area contributed by atoms with Crippen molar-refractivity contribution in [2.75, 3.05) is 5.32 Å². The molecule has 1 unspecified atom stereocenters. The third-order valence-electron chi connectivity index (χ3n) is 2.41. The number of rotatable bonds is 6. The summed E-state index contributed by atoms with van der Waals surface area (Å²) < 4.78 is 1.07. The molecule has 3 nitrogen and oxygen atoms in total. The van der Waals surface area contributed by atoms with Crippen LogP contribution >= 0.6 is 22.6 Å². The number of anilines is 1. The van der Waals surface area contributed by atoms with Crippen LogP contribution in [0.5, 0.6) is 0 Å². The lowest BCUT2D eigenvalue weighted by atomic mass is 10.0. The maximum absolute atomic E-state index is 4.23. The summed E-state index contributed by atoms with van der Waals surface area (Å²) in [6.07, 6.45) is 7.39. The van der Waals surface area contributed by atoms with Gasteiger partial charge in [0.1, 0.15) is 0 Å². The van der Waals surface area contributed by atoms with E-state index in [0.717, 1.165) is 15.4 Å². The Hall–Kier alpha value is -0.390. The molecule has 0 aliphatic heterocycles. The number of aromatic nitrogens is 2. The van der Waals surface area contributed by atoms with Gasteiger partial charge < -0.3 is 5.32 Å². The van der Waals surface area contributed by atoms with Crippen molar-refractivity contribution in [3.05, 3.63) is 16.0 Å². The van der Waals surface area contributed by atoms with E-state index in [1.165, 1.54) is 19.3 Å². The highest BCUT2D eigenvalue weighted by molar-refractivity contribution is 14.1. The Morgan fingerprint density at radius 2 is 1.81 bits per heavy atom. The van der Waals surface area contributed by atoms with Gasteiger partial charge in [-0.05, 0) is 41.9 Å². The average Bonchev–Trinajstić information content (AvgIpc) is 2.21. The first-order valence-electron chi connectivity index (χ1n) is 5.82. The predicted molar refractivity (Wildman–Crippen MR) is 76.5 cm³/mol. The molecule has 1 N–H and O–H groups in total. The van der Waals surface area contributed by atoms with Gasteiger partial charge in [-0.2, -0.15) is 0 Å². The minimum atomic E-state index is 0.443. The van der Waals surface area contributed by atoms with Gasteiger partial charge in [0.2, 0.25) is 5.95 Å². The highest BCUT2D eigenvalue weighted by Gasteiger charge is 2.04. The van der Waals surface area contributed by atoms with Crippen molar-refractivity contribution in [2.45, 2.75) is 46.1 Å². The van der Waals surface area contributed by atoms with Gasteiger partial charge in [0.25, 0.3) is 0 Å². The fourth-order valence-corrected chi connectivity index (χ4v) is 1.79. The molecule has 0 aromatic carbocycles. The van der Waals surface area contributed by atoms with Crippen LogP contribution in [0.25, 0.3) is 0 Å². The number of hydrogen-bond acceptors (Lipinski definition) is 3. The Labute approximate surface area is 112 Å². The van der Waals surface area contributed by atoms with Crippen LogP contribution in [0.3, 0.4) is 0 Å². The summed E-state index contributed by atoms with van der Waals surface area (Å²) in [4.78, 5) is 8.46. The normalized spacial score (nSPS) is 12.8. The molecule has 1 atom stereocenters. The van der Waals surface area contributed by atoms with Crippen LogP contribution in [0.4, 0.5) is 5.95 Å². The highest BCUT2D eigenvalue weighted by atomic mass is 127. The third-order valence-corrected chi connectivity index (χ3v) is 2.97. The van der Waals surface area contributed by atoms with Gasteiger partial charge in [-0.1, -0.05) is 26.7 Å². The van der Waals surface area contributed by atoms with Crippen LogP contribution in [0.1, 0.15) is 40.0 Å². The Morgan fingerprint density at radius 3 is 2.38 bits per heavy atom. The van der Waals surface area contributed by atoms with Crippen molar-refractivity contribution in [2.24, 2.45) is 5.92 Å². The molecule has 0 saturated heterocycles. The SMILES string of the molecule is CC(C)CCCC(C)Nc1ncc(I)cn1. The maximum Gasteiger partial charge on any atom is 0.222 e. The number of halogens is 1. The largest absolute Gasteiger partial charge is 0.352 e. The molecule has 0 amide bonds. The van der Waals surface area contributed by atoms with Crippen LogP contribution in [0, 0.1) is 9.49 Å². The van der Waals surface area contributed by atoms with Crippen molar-refractivity contribution in [3.8, 4) is 0 Å². The Bertz CT molecular complexity index is 298. The summed E-state index contributed by atoms with van der Waals surface area (Å²) >= 11 is 2.21. The summed E-state index contributed by atoms with van der Waals surface area (Å²) in [6.45, 7) is 6.71. The number of hydrogen-bond donors (Lipinski definition) is 1. The summed E-state index contributed by atoms with van der Waals surface area (Å²) in [5, 5.41) is 3.32. The van der Waals surface area contributed by atoms with E-state index in [4.69, 9.17) is 0 Å². The summed E-state index contributed by atoms with van der Waals surface area (Å²) in [5.74, 6) is 1.53. The average molecular weight is 333 g/mol. The molecule has 16 heavy (non-hydrogen) atoms. The van der Waals surface area contributed by atoms with Crippen molar-refractivity contribution >= 4 is 28.5 Å². The minimum absolute atomic E-state index is 0.443. The molecule has 0 aliphatic rings. The number of nitrogens with zero attached hydrogens (tertiary/aromatic N) is 2. The molecule has 90 valence electrons. The molecule has 0 aliphatic carbocycles. The highest BCUT2D eigenvalue weighted by Crippen LogP contribution is 2.11. The van der Waals surface area contributed by atoms with E-state index < -0.39 is 0 Å². The molecule has 1 aromatic heterocycles. The molecule has 0 spiro atoms. The zero-order valence-corrected chi connectivity index (χ0v) is 12.4. The monoisotopic (exact) mass is 333 g/mol. The minimum Gasteiger partial charge on any atom is -0.352 e. The topological polar surface area (TPSA) is 37.8 Å². The van der Waals surface area contributed by atoms with Gasteiger partial charge >= 0.3 is 0 Å². The van der Waals surface area contributed by atoms with E-state index in [1.807, 2.05) is 12.4 Å². The van der Waals surface area contributed by atoms with Gasteiger partial charge in [-0.3, -0.25) is 0 Å². The first kappa shape index (κ1) is 13.7. The molecule has 1 aromatic rings. The van der Waals surface area contributed by atoms with Crippen molar-refractivity contribution in [1.82, 2.24) is 9.97 Å². The lowest BCUT2D eigenvalue weighted by Gasteiger charge is -2.14. The van der Waals surface area contributed by atoms with Gasteiger partial charge in [0, 0.05) is 22.0 Å². The molecule has 0 fully saturated rings. The second kappa shape index (κ2) is 7.04. The zero-order valence-electron chi connectivity index (χ0n) is 10.2. The molecular formula is C12H20IN3. The second-order valence-corrected chi connectivity index (χ2v) is 5.84. The first-order valence-corrected chi connectivity index (χ1v) is 6.90. The molecule has 0 radical (unpaired) electrons. The fourth-order valence-electron chi connectivity index (χ4n) is 1.51. The zero-order chi connectivity index (χ0) is 12.0. The molecule has 4 heteroatoms. The summed E-state index contributed by atoms with van der Waals surface area (Å²) in [5.41, 5.74) is 0. The Morgan fingerprint density at radius 1 is 1.19 bits per heavy atom. The van der Waals surface area contributed by atoms with E-state index in [0.29, 0.717) is 6.04 Å². The molecule has 1 rings (SSSR count). The Balaban J connectivity index is 2.28. The van der Waals surface area contributed by atoms with Crippen LogP contribution in [0.2, 0.25) is 0 Å². The lowest BCUT2D eigenvalue weighted by Crippen LogP contribution is -2.17. The van der Waals surface area contributed by atoms with Crippen molar-refractivity contribution in [1.29, 1.82) is 0 Å². The Kier molecular flexibility index (Phi) is 6.01. The summed E-state index contributed by atoms with van der Waals surface area (Å²) in [7, 11) is 0. The van der Waals surface area contributed by atoms with E-state index >= 15 is 0 Å². The second-order valence-electron chi connectivity index (χ2n) is 4.60. The third kappa shape index (κ3) is 5.63. The van der Waals surface area contributed by atoms with Gasteiger partial charge in [0.15, 0.2) is 0 Å². The van der Waals surface area contributed by atoms with Gasteiger partial charge in [-0.15, -0.1) is 0 Å². The fraction of sp³-hybridized carbons (Fsp3) is 0.667. The quantitative estimate of drug-likeness (QED) is 0.807. The van der Waals surface area contributed by atoms with Crippen molar-refractivity contribution in [3.63, 3.8) is 0 Å². The van der Waals surface area contributed by atoms with Gasteiger partial charge in [-0.25, -0.2) is 9.97 Å².